The van der Waals surface area contributed by atoms with Crippen molar-refractivity contribution in [3.8, 4) is 0 Å². The normalized spacial score (nSPS) is 10.0. The van der Waals surface area contributed by atoms with Crippen LogP contribution in [-0.2, 0) is 4.74 Å². The highest BCUT2D eigenvalue weighted by Gasteiger charge is 2.06. The van der Waals surface area contributed by atoms with E-state index < -0.39 is 0 Å². The molecule has 0 atom stereocenters. The zero-order valence-electron chi connectivity index (χ0n) is 10.2. The van der Waals surface area contributed by atoms with E-state index in [0.717, 1.165) is 5.69 Å². The Hall–Kier alpha value is -1.75. The van der Waals surface area contributed by atoms with Crippen LogP contribution in [0.15, 0.2) is 18.2 Å². The first kappa shape index (κ1) is 13.3. The topological polar surface area (TPSA) is 76.4 Å². The molecule has 0 saturated heterocycles. The fourth-order valence-electron chi connectivity index (χ4n) is 1.40. The first-order valence-corrected chi connectivity index (χ1v) is 5.62. The van der Waals surface area contributed by atoms with Crippen molar-refractivity contribution in [2.75, 3.05) is 37.9 Å². The molecule has 17 heavy (non-hydrogen) atoms. The second-order valence-corrected chi connectivity index (χ2v) is 3.50. The molecule has 0 spiro atoms. The van der Waals surface area contributed by atoms with Gasteiger partial charge in [-0.05, 0) is 25.1 Å². The largest absolute Gasteiger partial charge is 0.397 e. The van der Waals surface area contributed by atoms with E-state index in [9.17, 15) is 4.79 Å². The Kier molecular flexibility index (Phi) is 5.29. The molecule has 94 valence electrons. The Balaban J connectivity index is 2.66. The van der Waals surface area contributed by atoms with E-state index in [1.807, 2.05) is 6.92 Å². The van der Waals surface area contributed by atoms with E-state index in [2.05, 4.69) is 10.6 Å². The van der Waals surface area contributed by atoms with Crippen molar-refractivity contribution < 1.29 is 9.53 Å². The number of benzene rings is 1. The standard InChI is InChI=1S/C12H19N3O2/c1-3-17-7-6-15-11-8-9(12(16)14-2)4-5-10(11)13/h4-5,8,15H,3,6-7,13H2,1-2H3,(H,14,16). The Morgan fingerprint density at radius 1 is 1.47 bits per heavy atom. The maximum Gasteiger partial charge on any atom is 0.251 e. The molecule has 0 aliphatic heterocycles. The molecule has 0 saturated carbocycles. The summed E-state index contributed by atoms with van der Waals surface area (Å²) in [7, 11) is 1.60. The van der Waals surface area contributed by atoms with Crippen molar-refractivity contribution in [3.63, 3.8) is 0 Å². The first-order chi connectivity index (χ1) is 8.19. The number of amides is 1. The SMILES string of the molecule is CCOCCNc1cc(C(=O)NC)ccc1N. The molecule has 0 bridgehead atoms. The quantitative estimate of drug-likeness (QED) is 0.511. The van der Waals surface area contributed by atoms with Gasteiger partial charge in [-0.3, -0.25) is 4.79 Å². The smallest absolute Gasteiger partial charge is 0.251 e. The van der Waals surface area contributed by atoms with Crippen LogP contribution < -0.4 is 16.4 Å². The van der Waals surface area contributed by atoms with Crippen LogP contribution in [0.2, 0.25) is 0 Å². The fraction of sp³-hybridized carbons (Fsp3) is 0.417. The summed E-state index contributed by atoms with van der Waals surface area (Å²) in [5, 5.41) is 5.71. The van der Waals surface area contributed by atoms with Gasteiger partial charge in [-0.1, -0.05) is 0 Å². The number of nitrogen functional groups attached to an aromatic ring is 1. The second-order valence-electron chi connectivity index (χ2n) is 3.50. The average Bonchev–Trinajstić information content (AvgIpc) is 2.35. The van der Waals surface area contributed by atoms with E-state index in [4.69, 9.17) is 10.5 Å². The van der Waals surface area contributed by atoms with E-state index in [1.165, 1.54) is 0 Å². The van der Waals surface area contributed by atoms with Crippen molar-refractivity contribution in [2.24, 2.45) is 0 Å². The lowest BCUT2D eigenvalue weighted by Crippen LogP contribution is -2.18. The summed E-state index contributed by atoms with van der Waals surface area (Å²) in [5.74, 6) is -0.127. The van der Waals surface area contributed by atoms with E-state index in [1.54, 1.807) is 25.2 Å². The van der Waals surface area contributed by atoms with Gasteiger partial charge in [-0.15, -0.1) is 0 Å². The summed E-state index contributed by atoms with van der Waals surface area (Å²) >= 11 is 0. The number of nitrogens with two attached hydrogens (primary N) is 1. The van der Waals surface area contributed by atoms with Gasteiger partial charge in [0.15, 0.2) is 0 Å². The van der Waals surface area contributed by atoms with Gasteiger partial charge >= 0.3 is 0 Å². The number of hydrogen-bond acceptors (Lipinski definition) is 4. The highest BCUT2D eigenvalue weighted by molar-refractivity contribution is 5.96. The molecule has 0 fully saturated rings. The molecule has 1 aromatic rings. The average molecular weight is 237 g/mol. The molecule has 5 heteroatoms. The summed E-state index contributed by atoms with van der Waals surface area (Å²) < 4.78 is 5.21. The Morgan fingerprint density at radius 3 is 2.88 bits per heavy atom. The van der Waals surface area contributed by atoms with Crippen molar-refractivity contribution in [2.45, 2.75) is 6.92 Å². The number of anilines is 2. The molecule has 0 aliphatic rings. The molecule has 0 heterocycles. The summed E-state index contributed by atoms with van der Waals surface area (Å²) in [6.07, 6.45) is 0. The molecule has 5 nitrogen and oxygen atoms in total. The summed E-state index contributed by atoms with van der Waals surface area (Å²) in [5.41, 5.74) is 7.77. The Morgan fingerprint density at radius 2 is 2.24 bits per heavy atom. The monoisotopic (exact) mass is 237 g/mol. The number of nitrogens with one attached hydrogen (secondary N) is 2. The molecule has 1 rings (SSSR count). The summed E-state index contributed by atoms with van der Waals surface area (Å²) in [4.78, 5) is 11.4. The van der Waals surface area contributed by atoms with Gasteiger partial charge in [0.05, 0.1) is 18.0 Å². The molecule has 0 aromatic heterocycles. The summed E-state index contributed by atoms with van der Waals surface area (Å²) in [6, 6.07) is 5.15. The van der Waals surface area contributed by atoms with Gasteiger partial charge < -0.3 is 21.1 Å². The zero-order chi connectivity index (χ0) is 12.7. The van der Waals surface area contributed by atoms with Crippen molar-refractivity contribution in [1.29, 1.82) is 0 Å². The minimum Gasteiger partial charge on any atom is -0.397 e. The third-order valence-corrected chi connectivity index (χ3v) is 2.31. The van der Waals surface area contributed by atoms with Crippen LogP contribution in [0.4, 0.5) is 11.4 Å². The lowest BCUT2D eigenvalue weighted by Gasteiger charge is -2.10. The lowest BCUT2D eigenvalue weighted by atomic mass is 10.1. The number of carbonyl (C=O) groups is 1. The third kappa shape index (κ3) is 3.96. The van der Waals surface area contributed by atoms with E-state index in [-0.39, 0.29) is 5.91 Å². The third-order valence-electron chi connectivity index (χ3n) is 2.31. The molecular formula is C12H19N3O2. The van der Waals surface area contributed by atoms with Gasteiger partial charge in [-0.2, -0.15) is 0 Å². The summed E-state index contributed by atoms with van der Waals surface area (Å²) in [6.45, 7) is 3.91. The van der Waals surface area contributed by atoms with Gasteiger partial charge in [0.1, 0.15) is 0 Å². The van der Waals surface area contributed by atoms with E-state index in [0.29, 0.717) is 31.0 Å². The van der Waals surface area contributed by atoms with Gasteiger partial charge in [0.2, 0.25) is 0 Å². The van der Waals surface area contributed by atoms with Crippen LogP contribution >= 0.6 is 0 Å². The Bertz CT molecular complexity index is 380. The predicted molar refractivity (Wildman–Crippen MR) is 69.2 cm³/mol. The maximum absolute atomic E-state index is 11.4. The minimum absolute atomic E-state index is 0.127. The molecular weight excluding hydrogens is 218 g/mol. The molecule has 1 amide bonds. The Labute approximate surface area is 101 Å². The minimum atomic E-state index is -0.127. The molecule has 1 aromatic carbocycles. The van der Waals surface area contributed by atoms with Crippen LogP contribution in [0.25, 0.3) is 0 Å². The number of carbonyl (C=O) groups excluding carboxylic acids is 1. The first-order valence-electron chi connectivity index (χ1n) is 5.62. The number of hydrogen-bond donors (Lipinski definition) is 3. The molecule has 0 unspecified atom stereocenters. The van der Waals surface area contributed by atoms with Crippen LogP contribution in [0.1, 0.15) is 17.3 Å². The fourth-order valence-corrected chi connectivity index (χ4v) is 1.40. The van der Waals surface area contributed by atoms with E-state index >= 15 is 0 Å². The number of ether oxygens (including phenoxy) is 1. The molecule has 0 aliphatic carbocycles. The molecule has 4 N–H and O–H groups in total. The van der Waals surface area contributed by atoms with Crippen molar-refractivity contribution in [3.05, 3.63) is 23.8 Å². The van der Waals surface area contributed by atoms with Crippen LogP contribution in [0, 0.1) is 0 Å². The van der Waals surface area contributed by atoms with Crippen LogP contribution in [0.5, 0.6) is 0 Å². The van der Waals surface area contributed by atoms with Crippen molar-refractivity contribution >= 4 is 17.3 Å². The van der Waals surface area contributed by atoms with Gasteiger partial charge in [0.25, 0.3) is 5.91 Å². The highest BCUT2D eigenvalue weighted by Crippen LogP contribution is 2.19. The van der Waals surface area contributed by atoms with Gasteiger partial charge in [-0.25, -0.2) is 0 Å². The lowest BCUT2D eigenvalue weighted by molar-refractivity contribution is 0.0963. The maximum atomic E-state index is 11.4. The van der Waals surface area contributed by atoms with Gasteiger partial charge in [0, 0.05) is 25.8 Å². The zero-order valence-corrected chi connectivity index (χ0v) is 10.2. The van der Waals surface area contributed by atoms with Crippen LogP contribution in [0.3, 0.4) is 0 Å². The predicted octanol–water partition coefficient (Wildman–Crippen LogP) is 1.08. The highest BCUT2D eigenvalue weighted by atomic mass is 16.5. The number of rotatable bonds is 6. The second kappa shape index (κ2) is 6.75. The van der Waals surface area contributed by atoms with Crippen molar-refractivity contribution in [1.82, 2.24) is 5.32 Å². The van der Waals surface area contributed by atoms with Crippen LogP contribution in [-0.4, -0.2) is 32.7 Å². The molecule has 0 radical (unpaired) electrons.